The quantitative estimate of drug-likeness (QED) is 0.565. The van der Waals surface area contributed by atoms with E-state index in [1.807, 2.05) is 0 Å². The first-order valence-corrected chi connectivity index (χ1v) is 6.14. The molecule has 0 fully saturated rings. The predicted octanol–water partition coefficient (Wildman–Crippen LogP) is 3.67. The Kier molecular flexibility index (Phi) is 5.05. The summed E-state index contributed by atoms with van der Waals surface area (Å²) in [6.07, 6.45) is 1.11. The van der Waals surface area contributed by atoms with Gasteiger partial charge in [0, 0.05) is 10.6 Å². The topological polar surface area (TPSA) is 17.1 Å². The molecule has 3 heteroatoms. The summed E-state index contributed by atoms with van der Waals surface area (Å²) < 4.78 is 0. The molecule has 14 heavy (non-hydrogen) atoms. The molecule has 76 valence electrons. The molecule has 0 aliphatic carbocycles. The fraction of sp³-hybridized carbons (Fsp3) is 0.364. The highest BCUT2D eigenvalue weighted by atomic mass is 35.5. The van der Waals surface area contributed by atoms with Crippen molar-refractivity contribution in [2.75, 3.05) is 11.5 Å². The van der Waals surface area contributed by atoms with Crippen LogP contribution in [0.4, 0.5) is 0 Å². The van der Waals surface area contributed by atoms with Crippen molar-refractivity contribution in [2.24, 2.45) is 0 Å². The van der Waals surface area contributed by atoms with Gasteiger partial charge in [-0.15, -0.1) is 0 Å². The Morgan fingerprint density at radius 3 is 2.57 bits per heavy atom. The summed E-state index contributed by atoms with van der Waals surface area (Å²) in [6.45, 7) is 2.11. The van der Waals surface area contributed by atoms with E-state index >= 15 is 0 Å². The molecule has 1 aromatic carbocycles. The molecular weight excluding hydrogens is 216 g/mol. The van der Waals surface area contributed by atoms with Gasteiger partial charge in [0.15, 0.2) is 5.78 Å². The lowest BCUT2D eigenvalue weighted by molar-refractivity contribution is 0.102. The molecule has 0 amide bonds. The maximum atomic E-state index is 11.6. The second kappa shape index (κ2) is 6.10. The van der Waals surface area contributed by atoms with E-state index in [0.29, 0.717) is 10.8 Å². The third-order valence-electron chi connectivity index (χ3n) is 1.75. The van der Waals surface area contributed by atoms with E-state index in [1.165, 1.54) is 0 Å². The van der Waals surface area contributed by atoms with Gasteiger partial charge < -0.3 is 0 Å². The van der Waals surface area contributed by atoms with Crippen LogP contribution in [0, 0.1) is 0 Å². The van der Waals surface area contributed by atoms with Gasteiger partial charge in [-0.3, -0.25) is 4.79 Å². The van der Waals surface area contributed by atoms with Crippen LogP contribution in [0.1, 0.15) is 23.7 Å². The van der Waals surface area contributed by atoms with E-state index in [0.717, 1.165) is 17.7 Å². The minimum atomic E-state index is 0.181. The number of thioether (sulfide) groups is 1. The van der Waals surface area contributed by atoms with E-state index in [1.54, 1.807) is 36.0 Å². The minimum absolute atomic E-state index is 0.181. The summed E-state index contributed by atoms with van der Waals surface area (Å²) in [6, 6.07) is 7.05. The van der Waals surface area contributed by atoms with Crippen molar-refractivity contribution in [3.8, 4) is 0 Å². The fourth-order valence-electron chi connectivity index (χ4n) is 1.03. The lowest BCUT2D eigenvalue weighted by Crippen LogP contribution is -2.02. The number of benzene rings is 1. The number of rotatable bonds is 5. The number of Topliss-reactive ketones (excluding diaryl/α,β-unsaturated/α-hetero) is 1. The van der Waals surface area contributed by atoms with Gasteiger partial charge in [-0.2, -0.15) is 11.8 Å². The van der Waals surface area contributed by atoms with Crippen molar-refractivity contribution < 1.29 is 4.79 Å². The average Bonchev–Trinajstić information content (AvgIpc) is 2.19. The smallest absolute Gasteiger partial charge is 0.172 e. The zero-order chi connectivity index (χ0) is 10.4. The third kappa shape index (κ3) is 3.72. The average molecular weight is 229 g/mol. The fourth-order valence-corrected chi connectivity index (χ4v) is 1.94. The molecule has 0 radical (unpaired) electrons. The van der Waals surface area contributed by atoms with Crippen molar-refractivity contribution in [3.05, 3.63) is 34.9 Å². The van der Waals surface area contributed by atoms with Crippen LogP contribution in [0.3, 0.4) is 0 Å². The predicted molar refractivity (Wildman–Crippen MR) is 63.4 cm³/mol. The highest BCUT2D eigenvalue weighted by Crippen LogP contribution is 2.12. The van der Waals surface area contributed by atoms with Crippen LogP contribution in [0.5, 0.6) is 0 Å². The van der Waals surface area contributed by atoms with Gasteiger partial charge in [0.2, 0.25) is 0 Å². The second-order valence-corrected chi connectivity index (χ2v) is 4.52. The zero-order valence-corrected chi connectivity index (χ0v) is 9.70. The number of hydrogen-bond acceptors (Lipinski definition) is 2. The van der Waals surface area contributed by atoms with Gasteiger partial charge in [-0.25, -0.2) is 0 Å². The summed E-state index contributed by atoms with van der Waals surface area (Å²) in [5, 5.41) is 0.669. The zero-order valence-electron chi connectivity index (χ0n) is 8.13. The summed E-state index contributed by atoms with van der Waals surface area (Å²) >= 11 is 7.40. The molecule has 0 unspecified atom stereocenters. The monoisotopic (exact) mass is 228 g/mol. The van der Waals surface area contributed by atoms with Crippen LogP contribution < -0.4 is 0 Å². The molecule has 0 bridgehead atoms. The Balaban J connectivity index is 2.48. The van der Waals surface area contributed by atoms with Crippen LogP contribution in [0.2, 0.25) is 5.02 Å². The molecule has 0 spiro atoms. The largest absolute Gasteiger partial charge is 0.293 e. The molecule has 0 N–H and O–H groups in total. The first-order valence-electron chi connectivity index (χ1n) is 4.60. The number of hydrogen-bond donors (Lipinski definition) is 0. The molecule has 0 heterocycles. The van der Waals surface area contributed by atoms with Crippen molar-refractivity contribution in [1.29, 1.82) is 0 Å². The number of carbonyl (C=O) groups excluding carboxylic acids is 1. The van der Waals surface area contributed by atoms with Crippen molar-refractivity contribution in [3.63, 3.8) is 0 Å². The molecule has 0 aliphatic rings. The summed E-state index contributed by atoms with van der Waals surface area (Å²) in [7, 11) is 0. The maximum Gasteiger partial charge on any atom is 0.172 e. The Morgan fingerprint density at radius 2 is 2.00 bits per heavy atom. The molecule has 0 atom stereocenters. The number of carbonyl (C=O) groups is 1. The van der Waals surface area contributed by atoms with Crippen LogP contribution in [-0.4, -0.2) is 17.3 Å². The Labute approximate surface area is 93.8 Å². The van der Waals surface area contributed by atoms with Gasteiger partial charge >= 0.3 is 0 Å². The molecule has 1 nitrogen and oxygen atoms in total. The SMILES string of the molecule is CCCSCC(=O)c1ccc(Cl)cc1. The maximum absolute atomic E-state index is 11.6. The molecule has 1 aromatic rings. The first kappa shape index (κ1) is 11.6. The molecule has 1 rings (SSSR count). The lowest BCUT2D eigenvalue weighted by atomic mass is 10.1. The van der Waals surface area contributed by atoms with E-state index in [-0.39, 0.29) is 5.78 Å². The molecular formula is C11H13ClOS. The van der Waals surface area contributed by atoms with Crippen LogP contribution in [0.25, 0.3) is 0 Å². The second-order valence-electron chi connectivity index (χ2n) is 2.98. The van der Waals surface area contributed by atoms with E-state index in [9.17, 15) is 4.79 Å². The van der Waals surface area contributed by atoms with Crippen LogP contribution in [-0.2, 0) is 0 Å². The van der Waals surface area contributed by atoms with Gasteiger partial charge in [-0.05, 0) is 36.4 Å². The van der Waals surface area contributed by atoms with Gasteiger partial charge in [0.05, 0.1) is 5.75 Å². The highest BCUT2D eigenvalue weighted by Gasteiger charge is 2.04. The lowest BCUT2D eigenvalue weighted by Gasteiger charge is -2.00. The summed E-state index contributed by atoms with van der Waals surface area (Å²) in [5.41, 5.74) is 0.748. The van der Waals surface area contributed by atoms with E-state index in [4.69, 9.17) is 11.6 Å². The number of ketones is 1. The Morgan fingerprint density at radius 1 is 1.36 bits per heavy atom. The van der Waals surface area contributed by atoms with Crippen LogP contribution in [0.15, 0.2) is 24.3 Å². The molecule has 0 saturated carbocycles. The first-order chi connectivity index (χ1) is 6.74. The molecule has 0 aliphatic heterocycles. The summed E-state index contributed by atoms with van der Waals surface area (Å²) in [5.74, 6) is 1.79. The van der Waals surface area contributed by atoms with Gasteiger partial charge in [0.1, 0.15) is 0 Å². The van der Waals surface area contributed by atoms with Crippen molar-refractivity contribution >= 4 is 29.1 Å². The molecule has 0 aromatic heterocycles. The van der Waals surface area contributed by atoms with Crippen molar-refractivity contribution in [1.82, 2.24) is 0 Å². The Hall–Kier alpha value is -0.470. The Bertz CT molecular complexity index is 295. The number of halogens is 1. The van der Waals surface area contributed by atoms with Gasteiger partial charge in [0.25, 0.3) is 0 Å². The van der Waals surface area contributed by atoms with Crippen molar-refractivity contribution in [2.45, 2.75) is 13.3 Å². The van der Waals surface area contributed by atoms with E-state index in [2.05, 4.69) is 6.92 Å². The van der Waals surface area contributed by atoms with E-state index < -0.39 is 0 Å². The minimum Gasteiger partial charge on any atom is -0.293 e. The highest BCUT2D eigenvalue weighted by molar-refractivity contribution is 7.99. The third-order valence-corrected chi connectivity index (χ3v) is 3.16. The van der Waals surface area contributed by atoms with Gasteiger partial charge in [-0.1, -0.05) is 18.5 Å². The standard InChI is InChI=1S/C11H13ClOS/c1-2-7-14-8-11(13)9-3-5-10(12)6-4-9/h3-6H,2,7-8H2,1H3. The van der Waals surface area contributed by atoms with Crippen LogP contribution >= 0.6 is 23.4 Å². The summed E-state index contributed by atoms with van der Waals surface area (Å²) in [4.78, 5) is 11.6. The normalized spacial score (nSPS) is 10.1. The molecule has 0 saturated heterocycles.